The molecule has 12 heavy (non-hydrogen) atoms. The lowest BCUT2D eigenvalue weighted by molar-refractivity contribution is 0.153. The Morgan fingerprint density at radius 2 is 2.17 bits per heavy atom. The zero-order valence-corrected chi connectivity index (χ0v) is 8.29. The number of rotatable bonds is 4. The van der Waals surface area contributed by atoms with Crippen LogP contribution in [0.3, 0.4) is 0 Å². The van der Waals surface area contributed by atoms with Crippen molar-refractivity contribution < 1.29 is 5.11 Å². The molecule has 1 saturated carbocycles. The molecule has 0 heterocycles. The van der Waals surface area contributed by atoms with Crippen LogP contribution in [0, 0.1) is 5.92 Å². The van der Waals surface area contributed by atoms with E-state index >= 15 is 0 Å². The standard InChI is InChI=1S/C10H21NO/c1-3-9-5-4-6-10(9)11(2)7-8-12/h9-10,12H,3-8H2,1-2H3. The first-order valence-electron chi connectivity index (χ1n) is 5.10. The lowest BCUT2D eigenvalue weighted by atomic mass is 10.00. The molecule has 0 bridgehead atoms. The highest BCUT2D eigenvalue weighted by Crippen LogP contribution is 2.31. The summed E-state index contributed by atoms with van der Waals surface area (Å²) in [5, 5.41) is 8.81. The zero-order valence-electron chi connectivity index (χ0n) is 8.29. The van der Waals surface area contributed by atoms with Gasteiger partial charge in [-0.2, -0.15) is 0 Å². The SMILES string of the molecule is CCC1CCCC1N(C)CCO. The summed E-state index contributed by atoms with van der Waals surface area (Å²) in [6, 6.07) is 0.738. The molecule has 1 aliphatic carbocycles. The minimum atomic E-state index is 0.295. The maximum atomic E-state index is 8.81. The summed E-state index contributed by atoms with van der Waals surface area (Å²) in [7, 11) is 2.13. The second kappa shape index (κ2) is 4.83. The van der Waals surface area contributed by atoms with Crippen LogP contribution in [0.25, 0.3) is 0 Å². The molecule has 1 aliphatic rings. The molecule has 2 unspecified atom stereocenters. The first kappa shape index (κ1) is 10.0. The Bertz CT molecular complexity index is 127. The molecule has 2 nitrogen and oxygen atoms in total. The van der Waals surface area contributed by atoms with Gasteiger partial charge in [-0.25, -0.2) is 0 Å². The minimum absolute atomic E-state index is 0.295. The molecular formula is C10H21NO. The van der Waals surface area contributed by atoms with Gasteiger partial charge in [0.2, 0.25) is 0 Å². The van der Waals surface area contributed by atoms with E-state index in [1.54, 1.807) is 0 Å². The third-order valence-corrected chi connectivity index (χ3v) is 3.16. The van der Waals surface area contributed by atoms with Crippen LogP contribution in [0.15, 0.2) is 0 Å². The summed E-state index contributed by atoms with van der Waals surface area (Å²) in [5.41, 5.74) is 0. The summed E-state index contributed by atoms with van der Waals surface area (Å²) in [6.45, 7) is 3.40. The van der Waals surface area contributed by atoms with Crippen LogP contribution in [-0.4, -0.2) is 36.2 Å². The fraction of sp³-hybridized carbons (Fsp3) is 1.00. The van der Waals surface area contributed by atoms with E-state index in [9.17, 15) is 0 Å². The Morgan fingerprint density at radius 3 is 2.75 bits per heavy atom. The maximum absolute atomic E-state index is 8.81. The molecule has 0 amide bonds. The molecule has 1 fully saturated rings. The number of likely N-dealkylation sites (N-methyl/N-ethyl adjacent to an activating group) is 1. The van der Waals surface area contributed by atoms with E-state index in [0.717, 1.165) is 18.5 Å². The van der Waals surface area contributed by atoms with Gasteiger partial charge in [0.25, 0.3) is 0 Å². The van der Waals surface area contributed by atoms with Gasteiger partial charge >= 0.3 is 0 Å². The van der Waals surface area contributed by atoms with Gasteiger partial charge < -0.3 is 10.0 Å². The van der Waals surface area contributed by atoms with Crippen LogP contribution in [0.2, 0.25) is 0 Å². The topological polar surface area (TPSA) is 23.5 Å². The number of nitrogens with zero attached hydrogens (tertiary/aromatic N) is 1. The molecule has 0 radical (unpaired) electrons. The molecule has 0 aromatic rings. The van der Waals surface area contributed by atoms with Crippen molar-refractivity contribution in [2.24, 2.45) is 5.92 Å². The highest BCUT2D eigenvalue weighted by molar-refractivity contribution is 4.82. The third kappa shape index (κ3) is 2.20. The molecule has 0 saturated heterocycles. The summed E-state index contributed by atoms with van der Waals surface area (Å²) >= 11 is 0. The number of hydrogen-bond acceptors (Lipinski definition) is 2. The van der Waals surface area contributed by atoms with Crippen LogP contribution in [0.4, 0.5) is 0 Å². The summed E-state index contributed by atoms with van der Waals surface area (Å²) < 4.78 is 0. The molecule has 0 aliphatic heterocycles. The zero-order chi connectivity index (χ0) is 8.97. The Kier molecular flexibility index (Phi) is 4.02. The van der Waals surface area contributed by atoms with Gasteiger partial charge in [-0.3, -0.25) is 0 Å². The van der Waals surface area contributed by atoms with E-state index < -0.39 is 0 Å². The van der Waals surface area contributed by atoms with Crippen LogP contribution < -0.4 is 0 Å². The fourth-order valence-electron chi connectivity index (χ4n) is 2.40. The normalized spacial score (nSPS) is 30.0. The van der Waals surface area contributed by atoms with Gasteiger partial charge in [0, 0.05) is 12.6 Å². The predicted molar refractivity (Wildman–Crippen MR) is 51.1 cm³/mol. The van der Waals surface area contributed by atoms with Crippen molar-refractivity contribution in [2.75, 3.05) is 20.2 Å². The fourth-order valence-corrected chi connectivity index (χ4v) is 2.40. The second-order valence-corrected chi connectivity index (χ2v) is 3.87. The van der Waals surface area contributed by atoms with E-state index in [2.05, 4.69) is 18.9 Å². The first-order valence-corrected chi connectivity index (χ1v) is 5.10. The molecule has 2 atom stereocenters. The van der Waals surface area contributed by atoms with Crippen LogP contribution in [0.5, 0.6) is 0 Å². The van der Waals surface area contributed by atoms with E-state index in [-0.39, 0.29) is 0 Å². The Balaban J connectivity index is 2.38. The molecule has 1 N–H and O–H groups in total. The minimum Gasteiger partial charge on any atom is -0.395 e. The van der Waals surface area contributed by atoms with E-state index in [1.165, 1.54) is 25.7 Å². The lowest BCUT2D eigenvalue weighted by Gasteiger charge is -2.28. The van der Waals surface area contributed by atoms with Crippen LogP contribution in [-0.2, 0) is 0 Å². The lowest BCUT2D eigenvalue weighted by Crippen LogP contribution is -2.36. The highest BCUT2D eigenvalue weighted by Gasteiger charge is 2.28. The predicted octanol–water partition coefficient (Wildman–Crippen LogP) is 1.49. The average molecular weight is 171 g/mol. The van der Waals surface area contributed by atoms with Gasteiger partial charge in [-0.15, -0.1) is 0 Å². The van der Waals surface area contributed by atoms with Crippen LogP contribution in [0.1, 0.15) is 32.6 Å². The van der Waals surface area contributed by atoms with Gasteiger partial charge in [-0.05, 0) is 25.8 Å². The number of aliphatic hydroxyl groups excluding tert-OH is 1. The monoisotopic (exact) mass is 171 g/mol. The van der Waals surface area contributed by atoms with Crippen molar-refractivity contribution >= 4 is 0 Å². The van der Waals surface area contributed by atoms with Gasteiger partial charge in [0.1, 0.15) is 0 Å². The summed E-state index contributed by atoms with van der Waals surface area (Å²) in [4.78, 5) is 2.32. The van der Waals surface area contributed by atoms with E-state index in [1.807, 2.05) is 0 Å². The maximum Gasteiger partial charge on any atom is 0.0558 e. The molecule has 1 rings (SSSR count). The molecule has 72 valence electrons. The number of aliphatic hydroxyl groups is 1. The van der Waals surface area contributed by atoms with E-state index in [4.69, 9.17) is 5.11 Å². The average Bonchev–Trinajstić information content (AvgIpc) is 2.51. The molecular weight excluding hydrogens is 150 g/mol. The van der Waals surface area contributed by atoms with Crippen molar-refractivity contribution in [3.8, 4) is 0 Å². The smallest absolute Gasteiger partial charge is 0.0558 e. The Hall–Kier alpha value is -0.0800. The molecule has 0 aromatic heterocycles. The molecule has 0 spiro atoms. The van der Waals surface area contributed by atoms with Gasteiger partial charge in [0.15, 0.2) is 0 Å². The highest BCUT2D eigenvalue weighted by atomic mass is 16.3. The largest absolute Gasteiger partial charge is 0.395 e. The van der Waals surface area contributed by atoms with Crippen molar-refractivity contribution in [3.05, 3.63) is 0 Å². The Morgan fingerprint density at radius 1 is 1.42 bits per heavy atom. The quantitative estimate of drug-likeness (QED) is 0.692. The van der Waals surface area contributed by atoms with Gasteiger partial charge in [-0.1, -0.05) is 19.8 Å². The number of hydrogen-bond donors (Lipinski definition) is 1. The summed E-state index contributed by atoms with van der Waals surface area (Å²) in [6.07, 6.45) is 5.38. The van der Waals surface area contributed by atoms with E-state index in [0.29, 0.717) is 6.61 Å². The van der Waals surface area contributed by atoms with Gasteiger partial charge in [0.05, 0.1) is 6.61 Å². The first-order chi connectivity index (χ1) is 5.79. The van der Waals surface area contributed by atoms with Crippen molar-refractivity contribution in [2.45, 2.75) is 38.6 Å². The van der Waals surface area contributed by atoms with Crippen molar-refractivity contribution in [1.29, 1.82) is 0 Å². The molecule has 0 aromatic carbocycles. The second-order valence-electron chi connectivity index (χ2n) is 3.87. The van der Waals surface area contributed by atoms with Crippen molar-refractivity contribution in [3.63, 3.8) is 0 Å². The van der Waals surface area contributed by atoms with Crippen molar-refractivity contribution in [1.82, 2.24) is 4.90 Å². The Labute approximate surface area is 75.6 Å². The summed E-state index contributed by atoms with van der Waals surface area (Å²) in [5.74, 6) is 0.876. The van der Waals surface area contributed by atoms with Crippen LogP contribution >= 0.6 is 0 Å². The molecule has 2 heteroatoms. The third-order valence-electron chi connectivity index (χ3n) is 3.16.